The fourth-order valence-electron chi connectivity index (χ4n) is 1.69. The van der Waals surface area contributed by atoms with E-state index in [0.29, 0.717) is 0 Å². The number of hydrogen-bond acceptors (Lipinski definition) is 2. The van der Waals surface area contributed by atoms with Crippen LogP contribution < -0.4 is 5.32 Å². The first-order valence-electron chi connectivity index (χ1n) is 4.76. The van der Waals surface area contributed by atoms with Crippen LogP contribution in [0.5, 0.6) is 0 Å². The van der Waals surface area contributed by atoms with Crippen LogP contribution in [0.25, 0.3) is 10.8 Å². The second-order valence-corrected chi connectivity index (χ2v) is 3.24. The molecule has 2 heteroatoms. The minimum atomic E-state index is 0.896. The minimum absolute atomic E-state index is 0.896. The zero-order valence-corrected chi connectivity index (χ0v) is 8.33. The van der Waals surface area contributed by atoms with Crippen molar-refractivity contribution in [3.63, 3.8) is 0 Å². The summed E-state index contributed by atoms with van der Waals surface area (Å²) in [7, 11) is 0. The lowest BCUT2D eigenvalue weighted by Crippen LogP contribution is -1.94. The maximum Gasteiger partial charge on any atom is 0.0475 e. The zero-order chi connectivity index (χ0) is 10.7. The lowest BCUT2D eigenvalue weighted by atomic mass is 10.0. The Balaban J connectivity index is 2.74. The average molecular weight is 196 g/mol. The van der Waals surface area contributed by atoms with Crippen LogP contribution in [0.2, 0.25) is 0 Å². The van der Waals surface area contributed by atoms with Crippen molar-refractivity contribution in [2.24, 2.45) is 0 Å². The van der Waals surface area contributed by atoms with Gasteiger partial charge in [0, 0.05) is 17.5 Å². The highest BCUT2D eigenvalue weighted by molar-refractivity contribution is 6.04. The van der Waals surface area contributed by atoms with Crippen molar-refractivity contribution >= 4 is 22.7 Å². The average Bonchev–Trinajstić information content (AvgIpc) is 2.29. The predicted octanol–water partition coefficient (Wildman–Crippen LogP) is 3.39. The molecule has 0 aliphatic carbocycles. The van der Waals surface area contributed by atoms with Crippen LogP contribution in [-0.4, -0.2) is 6.21 Å². The van der Waals surface area contributed by atoms with Crippen molar-refractivity contribution in [3.05, 3.63) is 54.7 Å². The highest BCUT2D eigenvalue weighted by atomic mass is 14.8. The first kappa shape index (κ1) is 9.46. The maximum absolute atomic E-state index is 7.45. The molecule has 0 saturated heterocycles. The summed E-state index contributed by atoms with van der Waals surface area (Å²) in [6, 6.07) is 12.0. The third kappa shape index (κ3) is 1.62. The molecule has 2 aromatic carbocycles. The Hall–Kier alpha value is -2.09. The summed E-state index contributed by atoms with van der Waals surface area (Å²) in [6.45, 7) is 3.63. The molecule has 2 nitrogen and oxygen atoms in total. The van der Waals surface area contributed by atoms with E-state index in [0.717, 1.165) is 22.0 Å². The second kappa shape index (κ2) is 3.96. The molecule has 0 aromatic heterocycles. The number of fused-ring (bicyclic) bond motifs is 1. The van der Waals surface area contributed by atoms with Gasteiger partial charge in [-0.15, -0.1) is 0 Å². The van der Waals surface area contributed by atoms with Gasteiger partial charge in [0.1, 0.15) is 0 Å². The van der Waals surface area contributed by atoms with Gasteiger partial charge in [0.25, 0.3) is 0 Å². The number of anilines is 1. The molecule has 0 aliphatic heterocycles. The lowest BCUT2D eigenvalue weighted by molar-refractivity contribution is 1.53. The van der Waals surface area contributed by atoms with Gasteiger partial charge in [-0.2, -0.15) is 0 Å². The zero-order valence-electron chi connectivity index (χ0n) is 8.33. The van der Waals surface area contributed by atoms with E-state index in [9.17, 15) is 0 Å². The van der Waals surface area contributed by atoms with Crippen LogP contribution in [0, 0.1) is 5.41 Å². The highest BCUT2D eigenvalue weighted by Gasteiger charge is 2.03. The van der Waals surface area contributed by atoms with E-state index in [4.69, 9.17) is 5.41 Å². The molecule has 0 unspecified atom stereocenters. The van der Waals surface area contributed by atoms with Gasteiger partial charge in [0.2, 0.25) is 0 Å². The molecule has 0 amide bonds. The van der Waals surface area contributed by atoms with E-state index in [1.165, 1.54) is 6.21 Å². The quantitative estimate of drug-likeness (QED) is 0.725. The monoisotopic (exact) mass is 196 g/mol. The van der Waals surface area contributed by atoms with E-state index >= 15 is 0 Å². The Bertz CT molecular complexity index is 515. The Morgan fingerprint density at radius 3 is 2.67 bits per heavy atom. The molecule has 0 heterocycles. The van der Waals surface area contributed by atoms with E-state index in [-0.39, 0.29) is 0 Å². The number of hydrogen-bond donors (Lipinski definition) is 2. The smallest absolute Gasteiger partial charge is 0.0475 e. The molecule has 0 radical (unpaired) electrons. The standard InChI is InChI=1S/C13H12N2/c1-2-15-13-8-7-10-5-3-4-6-11(10)12(13)9-14/h2-9,14-15H,1H2. The Kier molecular flexibility index (Phi) is 2.50. The van der Waals surface area contributed by atoms with Gasteiger partial charge >= 0.3 is 0 Å². The molecule has 0 aliphatic rings. The Morgan fingerprint density at radius 1 is 1.13 bits per heavy atom. The molecular weight excluding hydrogens is 184 g/mol. The molecular formula is C13H12N2. The van der Waals surface area contributed by atoms with Gasteiger partial charge in [-0.25, -0.2) is 0 Å². The lowest BCUT2D eigenvalue weighted by Gasteiger charge is -2.08. The summed E-state index contributed by atoms with van der Waals surface area (Å²) >= 11 is 0. The van der Waals surface area contributed by atoms with Crippen molar-refractivity contribution in [3.8, 4) is 0 Å². The molecule has 2 aromatic rings. The Labute approximate surface area is 88.8 Å². The SMILES string of the molecule is C=CNc1ccc2ccccc2c1C=N. The normalized spacial score (nSPS) is 9.87. The summed E-state index contributed by atoms with van der Waals surface area (Å²) in [4.78, 5) is 0. The predicted molar refractivity (Wildman–Crippen MR) is 65.7 cm³/mol. The van der Waals surface area contributed by atoms with Crippen LogP contribution in [0.15, 0.2) is 49.2 Å². The number of nitrogens with one attached hydrogen (secondary N) is 2. The number of benzene rings is 2. The second-order valence-electron chi connectivity index (χ2n) is 3.24. The molecule has 0 bridgehead atoms. The first-order chi connectivity index (χ1) is 7.36. The van der Waals surface area contributed by atoms with E-state index in [1.54, 1.807) is 6.20 Å². The third-order valence-electron chi connectivity index (χ3n) is 2.37. The summed E-state index contributed by atoms with van der Waals surface area (Å²) < 4.78 is 0. The van der Waals surface area contributed by atoms with Crippen LogP contribution in [0.3, 0.4) is 0 Å². The fraction of sp³-hybridized carbons (Fsp3) is 0. The summed E-state index contributed by atoms with van der Waals surface area (Å²) in [6.07, 6.45) is 2.99. The van der Waals surface area contributed by atoms with Crippen molar-refractivity contribution in [1.29, 1.82) is 5.41 Å². The highest BCUT2D eigenvalue weighted by Crippen LogP contribution is 2.24. The van der Waals surface area contributed by atoms with E-state index in [2.05, 4.69) is 11.9 Å². The van der Waals surface area contributed by atoms with Crippen LogP contribution in [0.4, 0.5) is 5.69 Å². The third-order valence-corrected chi connectivity index (χ3v) is 2.37. The number of rotatable bonds is 3. The van der Waals surface area contributed by atoms with E-state index in [1.807, 2.05) is 36.4 Å². The van der Waals surface area contributed by atoms with Crippen molar-refractivity contribution in [2.45, 2.75) is 0 Å². The fourth-order valence-corrected chi connectivity index (χ4v) is 1.69. The molecule has 0 atom stereocenters. The van der Waals surface area contributed by atoms with Gasteiger partial charge in [-0.1, -0.05) is 36.9 Å². The van der Waals surface area contributed by atoms with Crippen molar-refractivity contribution in [1.82, 2.24) is 0 Å². The van der Waals surface area contributed by atoms with Gasteiger partial charge in [-0.05, 0) is 23.0 Å². The summed E-state index contributed by atoms with van der Waals surface area (Å²) in [5.41, 5.74) is 1.81. The molecule has 0 fully saturated rings. The molecule has 2 rings (SSSR count). The van der Waals surface area contributed by atoms with Crippen molar-refractivity contribution in [2.75, 3.05) is 5.32 Å². The Morgan fingerprint density at radius 2 is 1.93 bits per heavy atom. The van der Waals surface area contributed by atoms with Crippen LogP contribution in [0.1, 0.15) is 5.56 Å². The molecule has 2 N–H and O–H groups in total. The van der Waals surface area contributed by atoms with Gasteiger partial charge in [0.05, 0.1) is 0 Å². The first-order valence-corrected chi connectivity index (χ1v) is 4.76. The topological polar surface area (TPSA) is 35.9 Å². The largest absolute Gasteiger partial charge is 0.362 e. The maximum atomic E-state index is 7.45. The molecule has 0 spiro atoms. The summed E-state index contributed by atoms with van der Waals surface area (Å²) in [5, 5.41) is 12.7. The van der Waals surface area contributed by atoms with Gasteiger partial charge in [-0.3, -0.25) is 0 Å². The van der Waals surface area contributed by atoms with Gasteiger partial charge in [0.15, 0.2) is 0 Å². The van der Waals surface area contributed by atoms with Crippen molar-refractivity contribution < 1.29 is 0 Å². The minimum Gasteiger partial charge on any atom is -0.362 e. The summed E-state index contributed by atoms with van der Waals surface area (Å²) in [5.74, 6) is 0. The van der Waals surface area contributed by atoms with Crippen LogP contribution in [-0.2, 0) is 0 Å². The van der Waals surface area contributed by atoms with E-state index < -0.39 is 0 Å². The molecule has 15 heavy (non-hydrogen) atoms. The molecule has 0 saturated carbocycles. The van der Waals surface area contributed by atoms with Gasteiger partial charge < -0.3 is 10.7 Å². The van der Waals surface area contributed by atoms with Crippen LogP contribution >= 0.6 is 0 Å². The molecule has 74 valence electrons.